The van der Waals surface area contributed by atoms with Crippen molar-refractivity contribution in [2.45, 2.75) is 44.4 Å². The third kappa shape index (κ3) is 2.52. The lowest BCUT2D eigenvalue weighted by Gasteiger charge is -2.14. The molecule has 16 heavy (non-hydrogen) atoms. The van der Waals surface area contributed by atoms with Crippen LogP contribution < -0.4 is 4.74 Å². The number of fused-ring (bicyclic) bond motifs is 2. The van der Waals surface area contributed by atoms with Crippen molar-refractivity contribution in [1.82, 2.24) is 0 Å². The van der Waals surface area contributed by atoms with Crippen molar-refractivity contribution in [3.63, 3.8) is 0 Å². The molecule has 2 rings (SSSR count). The number of rotatable bonds is 2. The first kappa shape index (κ1) is 11.8. The van der Waals surface area contributed by atoms with E-state index in [1.165, 1.54) is 42.4 Å². The van der Waals surface area contributed by atoms with E-state index in [9.17, 15) is 0 Å². The molecule has 0 heterocycles. The van der Waals surface area contributed by atoms with Crippen LogP contribution in [0.15, 0.2) is 12.1 Å². The molecule has 0 N–H and O–H groups in total. The summed E-state index contributed by atoms with van der Waals surface area (Å²) in [5.74, 6) is 1.71. The average Bonchev–Trinajstić information content (AvgIpc) is 2.37. The summed E-state index contributed by atoms with van der Waals surface area (Å²) in [7, 11) is 1.78. The lowest BCUT2D eigenvalue weighted by Crippen LogP contribution is -1.99. The Morgan fingerprint density at radius 3 is 2.06 bits per heavy atom. The largest absolute Gasteiger partial charge is 0.496 e. The second kappa shape index (κ2) is 5.58. The van der Waals surface area contributed by atoms with E-state index in [2.05, 4.69) is 12.1 Å². The van der Waals surface area contributed by atoms with Gasteiger partial charge < -0.3 is 4.74 Å². The minimum absolute atomic E-state index is 0.601. The summed E-state index contributed by atoms with van der Waals surface area (Å²) in [5.41, 5.74) is 3.92. The molecule has 1 aromatic rings. The number of halogens is 1. The zero-order chi connectivity index (χ0) is 11.4. The minimum Gasteiger partial charge on any atom is -0.496 e. The molecular weight excluding hydrogens is 220 g/mol. The Morgan fingerprint density at radius 1 is 1.06 bits per heavy atom. The normalized spacial score (nSPS) is 16.1. The minimum atomic E-state index is 0.601. The molecule has 0 aromatic heterocycles. The van der Waals surface area contributed by atoms with Crippen LogP contribution in [0, 0.1) is 0 Å². The van der Waals surface area contributed by atoms with Crippen molar-refractivity contribution in [3.05, 3.63) is 28.8 Å². The molecule has 1 aromatic carbocycles. The van der Waals surface area contributed by atoms with Gasteiger partial charge in [-0.1, -0.05) is 25.0 Å². The topological polar surface area (TPSA) is 9.23 Å². The van der Waals surface area contributed by atoms with Gasteiger partial charge in [-0.25, -0.2) is 0 Å². The maximum Gasteiger partial charge on any atom is 0.125 e. The fourth-order valence-corrected chi connectivity index (χ4v) is 2.68. The summed E-state index contributed by atoms with van der Waals surface area (Å²) in [4.78, 5) is 0. The summed E-state index contributed by atoms with van der Waals surface area (Å²) in [5, 5.41) is 0. The Bertz CT molecular complexity index is 331. The summed E-state index contributed by atoms with van der Waals surface area (Å²) >= 11 is 5.94. The SMILES string of the molecule is COc1c2cc(CCl)cc1CCCCCC2. The Morgan fingerprint density at radius 2 is 1.62 bits per heavy atom. The lowest BCUT2D eigenvalue weighted by molar-refractivity contribution is 0.404. The maximum atomic E-state index is 5.94. The van der Waals surface area contributed by atoms with Crippen LogP contribution in [0.5, 0.6) is 5.75 Å². The van der Waals surface area contributed by atoms with E-state index < -0.39 is 0 Å². The molecule has 1 aliphatic carbocycles. The van der Waals surface area contributed by atoms with E-state index in [1.807, 2.05) is 0 Å². The van der Waals surface area contributed by atoms with E-state index in [1.54, 1.807) is 7.11 Å². The van der Waals surface area contributed by atoms with Gasteiger partial charge in [-0.3, -0.25) is 0 Å². The third-order valence-corrected chi connectivity index (χ3v) is 3.61. The number of ether oxygens (including phenoxy) is 1. The van der Waals surface area contributed by atoms with Gasteiger partial charge in [-0.05, 0) is 42.4 Å². The van der Waals surface area contributed by atoms with Crippen molar-refractivity contribution in [1.29, 1.82) is 0 Å². The second-order valence-corrected chi connectivity index (χ2v) is 4.76. The molecule has 88 valence electrons. The van der Waals surface area contributed by atoms with Gasteiger partial charge in [-0.2, -0.15) is 0 Å². The molecule has 1 aliphatic rings. The van der Waals surface area contributed by atoms with E-state index >= 15 is 0 Å². The highest BCUT2D eigenvalue weighted by Gasteiger charge is 2.13. The first-order valence-electron chi connectivity index (χ1n) is 6.09. The van der Waals surface area contributed by atoms with Crippen LogP contribution in [0.4, 0.5) is 0 Å². The lowest BCUT2D eigenvalue weighted by atomic mass is 10.00. The molecular formula is C14H19ClO. The molecule has 0 aliphatic heterocycles. The van der Waals surface area contributed by atoms with Gasteiger partial charge in [0, 0.05) is 5.88 Å². The van der Waals surface area contributed by atoms with E-state index in [0.717, 1.165) is 18.6 Å². The first-order valence-corrected chi connectivity index (χ1v) is 6.63. The van der Waals surface area contributed by atoms with Gasteiger partial charge in [0.15, 0.2) is 0 Å². The van der Waals surface area contributed by atoms with Crippen molar-refractivity contribution in [2.24, 2.45) is 0 Å². The Balaban J connectivity index is 2.43. The van der Waals surface area contributed by atoms with Crippen LogP contribution in [-0.4, -0.2) is 7.11 Å². The molecule has 0 spiro atoms. The van der Waals surface area contributed by atoms with Crippen LogP contribution in [0.25, 0.3) is 0 Å². The summed E-state index contributed by atoms with van der Waals surface area (Å²) < 4.78 is 5.57. The van der Waals surface area contributed by atoms with Crippen LogP contribution in [0.1, 0.15) is 42.4 Å². The zero-order valence-corrected chi connectivity index (χ0v) is 10.6. The average molecular weight is 239 g/mol. The Kier molecular flexibility index (Phi) is 4.11. The van der Waals surface area contributed by atoms with Gasteiger partial charge in [0.2, 0.25) is 0 Å². The number of hydrogen-bond acceptors (Lipinski definition) is 1. The number of hydrogen-bond donors (Lipinski definition) is 0. The van der Waals surface area contributed by atoms with Crippen molar-refractivity contribution >= 4 is 11.6 Å². The van der Waals surface area contributed by atoms with Crippen molar-refractivity contribution < 1.29 is 4.74 Å². The number of methoxy groups -OCH3 is 1. The van der Waals surface area contributed by atoms with E-state index in [4.69, 9.17) is 16.3 Å². The monoisotopic (exact) mass is 238 g/mol. The highest BCUT2D eigenvalue weighted by atomic mass is 35.5. The van der Waals surface area contributed by atoms with Gasteiger partial charge in [-0.15, -0.1) is 11.6 Å². The molecule has 0 amide bonds. The number of aryl methyl sites for hydroxylation is 2. The zero-order valence-electron chi connectivity index (χ0n) is 9.89. The quantitative estimate of drug-likeness (QED) is 0.705. The molecule has 0 atom stereocenters. The number of benzene rings is 1. The van der Waals surface area contributed by atoms with Gasteiger partial charge in [0.05, 0.1) is 7.11 Å². The maximum absolute atomic E-state index is 5.94. The molecule has 0 saturated carbocycles. The Hall–Kier alpha value is -0.690. The third-order valence-electron chi connectivity index (χ3n) is 3.30. The summed E-state index contributed by atoms with van der Waals surface area (Å²) in [6.45, 7) is 0. The highest BCUT2D eigenvalue weighted by molar-refractivity contribution is 6.17. The van der Waals surface area contributed by atoms with Gasteiger partial charge >= 0.3 is 0 Å². The molecule has 0 saturated heterocycles. The first-order chi connectivity index (χ1) is 7.85. The van der Waals surface area contributed by atoms with Gasteiger partial charge in [0.1, 0.15) is 5.75 Å². The summed E-state index contributed by atoms with van der Waals surface area (Å²) in [6.07, 6.45) is 7.44. The standard InChI is InChI=1S/C14H19ClO/c1-16-14-12-6-4-2-3-5-7-13(14)9-11(8-12)10-15/h8-9H,2-7,10H2,1H3. The van der Waals surface area contributed by atoms with Crippen molar-refractivity contribution in [3.8, 4) is 5.75 Å². The second-order valence-electron chi connectivity index (χ2n) is 4.50. The molecule has 0 unspecified atom stereocenters. The molecule has 0 radical (unpaired) electrons. The van der Waals surface area contributed by atoms with Crippen LogP contribution in [0.2, 0.25) is 0 Å². The van der Waals surface area contributed by atoms with E-state index in [-0.39, 0.29) is 0 Å². The fraction of sp³-hybridized carbons (Fsp3) is 0.571. The fourth-order valence-electron chi connectivity index (χ4n) is 2.52. The van der Waals surface area contributed by atoms with E-state index in [0.29, 0.717) is 5.88 Å². The molecule has 2 heteroatoms. The summed E-state index contributed by atoms with van der Waals surface area (Å²) in [6, 6.07) is 4.42. The van der Waals surface area contributed by atoms with Crippen LogP contribution in [-0.2, 0) is 18.7 Å². The molecule has 2 bridgehead atoms. The predicted molar refractivity (Wildman–Crippen MR) is 68.4 cm³/mol. The highest BCUT2D eigenvalue weighted by Crippen LogP contribution is 2.31. The van der Waals surface area contributed by atoms with Crippen LogP contribution >= 0.6 is 11.6 Å². The smallest absolute Gasteiger partial charge is 0.125 e. The Labute approximate surface area is 103 Å². The molecule has 0 fully saturated rings. The predicted octanol–water partition coefficient (Wildman–Crippen LogP) is 4.09. The van der Waals surface area contributed by atoms with Crippen LogP contribution in [0.3, 0.4) is 0 Å². The van der Waals surface area contributed by atoms with Gasteiger partial charge in [0.25, 0.3) is 0 Å². The van der Waals surface area contributed by atoms with Crippen molar-refractivity contribution in [2.75, 3.05) is 7.11 Å². The number of alkyl halides is 1. The molecule has 1 nitrogen and oxygen atoms in total.